The Labute approximate surface area is 155 Å². The van der Waals surface area contributed by atoms with Crippen LogP contribution in [0, 0.1) is 0 Å². The average Bonchev–Trinajstić information content (AvgIpc) is 3.17. The lowest BCUT2D eigenvalue weighted by molar-refractivity contribution is -0.117. The van der Waals surface area contributed by atoms with Crippen LogP contribution in [-0.2, 0) is 9.53 Å². The zero-order valence-corrected chi connectivity index (χ0v) is 15.2. The fourth-order valence-electron chi connectivity index (χ4n) is 2.58. The number of hydrogen-bond acceptors (Lipinski definition) is 5. The van der Waals surface area contributed by atoms with Crippen LogP contribution in [0.2, 0.25) is 0 Å². The highest BCUT2D eigenvalue weighted by Gasteiger charge is 2.19. The number of aromatic nitrogens is 1. The van der Waals surface area contributed by atoms with Crippen LogP contribution in [0.15, 0.2) is 54.0 Å². The van der Waals surface area contributed by atoms with E-state index in [1.165, 1.54) is 16.2 Å². The molecule has 0 unspecified atom stereocenters. The number of benzene rings is 2. The second-order valence-electron chi connectivity index (χ2n) is 5.67. The van der Waals surface area contributed by atoms with Gasteiger partial charge in [0.2, 0.25) is 5.91 Å². The van der Waals surface area contributed by atoms with Crippen LogP contribution in [0.1, 0.15) is 10.4 Å². The van der Waals surface area contributed by atoms with Crippen molar-refractivity contribution in [2.45, 2.75) is 0 Å². The molecule has 0 saturated heterocycles. The molecule has 0 aliphatic heterocycles. The van der Waals surface area contributed by atoms with E-state index in [2.05, 4.69) is 10.3 Å². The lowest BCUT2D eigenvalue weighted by Crippen LogP contribution is -2.40. The minimum Gasteiger partial charge on any atom is -0.383 e. The minimum absolute atomic E-state index is 0.0609. The van der Waals surface area contributed by atoms with Gasteiger partial charge in [-0.25, -0.2) is 4.98 Å². The molecule has 26 heavy (non-hydrogen) atoms. The lowest BCUT2D eigenvalue weighted by atomic mass is 10.1. The maximum atomic E-state index is 12.9. The van der Waals surface area contributed by atoms with Crippen LogP contribution in [0.4, 0.5) is 5.13 Å². The lowest BCUT2D eigenvalue weighted by Gasteiger charge is -2.22. The molecule has 0 saturated carbocycles. The van der Waals surface area contributed by atoms with Crippen molar-refractivity contribution in [3.63, 3.8) is 0 Å². The first kappa shape index (κ1) is 18.0. The van der Waals surface area contributed by atoms with E-state index in [1.54, 1.807) is 24.8 Å². The van der Waals surface area contributed by atoms with Crippen molar-refractivity contribution in [3.8, 4) is 0 Å². The summed E-state index contributed by atoms with van der Waals surface area (Å²) in [5.74, 6) is -0.493. The maximum absolute atomic E-state index is 12.9. The fraction of sp³-hybridized carbons (Fsp3) is 0.211. The van der Waals surface area contributed by atoms with Gasteiger partial charge in [0.1, 0.15) is 6.54 Å². The molecule has 2 amide bonds. The van der Waals surface area contributed by atoms with Crippen molar-refractivity contribution in [2.24, 2.45) is 0 Å². The van der Waals surface area contributed by atoms with Crippen molar-refractivity contribution in [2.75, 3.05) is 32.1 Å². The van der Waals surface area contributed by atoms with Crippen LogP contribution < -0.4 is 5.32 Å². The predicted octanol–water partition coefficient (Wildman–Crippen LogP) is 3.02. The third-order valence-electron chi connectivity index (χ3n) is 3.86. The van der Waals surface area contributed by atoms with Gasteiger partial charge < -0.3 is 15.0 Å². The SMILES string of the molecule is COCCN(CC(=O)Nc1nccs1)C(=O)c1ccc2ccccc2c1. The van der Waals surface area contributed by atoms with Crippen LogP contribution >= 0.6 is 11.3 Å². The summed E-state index contributed by atoms with van der Waals surface area (Å²) in [5.41, 5.74) is 0.543. The van der Waals surface area contributed by atoms with Crippen LogP contribution in [-0.4, -0.2) is 48.5 Å². The number of methoxy groups -OCH3 is 1. The van der Waals surface area contributed by atoms with Crippen molar-refractivity contribution in [1.29, 1.82) is 0 Å². The molecule has 0 bridgehead atoms. The number of thiazole rings is 1. The first-order valence-electron chi connectivity index (χ1n) is 8.14. The van der Waals surface area contributed by atoms with Crippen molar-refractivity contribution in [1.82, 2.24) is 9.88 Å². The molecule has 1 aromatic heterocycles. The molecular weight excluding hydrogens is 350 g/mol. The van der Waals surface area contributed by atoms with Gasteiger partial charge >= 0.3 is 0 Å². The van der Waals surface area contributed by atoms with Crippen LogP contribution in [0.3, 0.4) is 0 Å². The summed E-state index contributed by atoms with van der Waals surface area (Å²) in [5, 5.41) is 7.04. The zero-order valence-electron chi connectivity index (χ0n) is 14.3. The molecule has 1 heterocycles. The summed E-state index contributed by atoms with van der Waals surface area (Å²) in [4.78, 5) is 30.7. The highest BCUT2D eigenvalue weighted by Crippen LogP contribution is 2.17. The molecule has 0 atom stereocenters. The molecule has 0 aliphatic rings. The Kier molecular flexibility index (Phi) is 5.93. The summed E-state index contributed by atoms with van der Waals surface area (Å²) in [6, 6.07) is 13.4. The van der Waals surface area contributed by atoms with E-state index in [9.17, 15) is 9.59 Å². The average molecular weight is 369 g/mol. The first-order valence-corrected chi connectivity index (χ1v) is 9.01. The molecule has 6 nitrogen and oxygen atoms in total. The molecule has 134 valence electrons. The molecule has 0 fully saturated rings. The number of rotatable bonds is 7. The minimum atomic E-state index is -0.287. The largest absolute Gasteiger partial charge is 0.383 e. The number of nitrogens with one attached hydrogen (secondary N) is 1. The van der Waals surface area contributed by atoms with Gasteiger partial charge in [-0.3, -0.25) is 9.59 Å². The summed E-state index contributed by atoms with van der Waals surface area (Å²) in [6.45, 7) is 0.617. The summed E-state index contributed by atoms with van der Waals surface area (Å²) in [6.07, 6.45) is 1.61. The normalized spacial score (nSPS) is 10.7. The van der Waals surface area contributed by atoms with Gasteiger partial charge in [-0.05, 0) is 22.9 Å². The van der Waals surface area contributed by atoms with Gasteiger partial charge in [0.25, 0.3) is 5.91 Å². The molecule has 0 spiro atoms. The Morgan fingerprint density at radius 1 is 1.19 bits per heavy atom. The molecule has 3 rings (SSSR count). The molecule has 7 heteroatoms. The van der Waals surface area contributed by atoms with Gasteiger partial charge in [-0.2, -0.15) is 0 Å². The number of nitrogens with zero attached hydrogens (tertiary/aromatic N) is 2. The number of carbonyl (C=O) groups excluding carboxylic acids is 2. The molecule has 1 N–H and O–H groups in total. The maximum Gasteiger partial charge on any atom is 0.254 e. The van der Waals surface area contributed by atoms with E-state index in [0.717, 1.165) is 10.8 Å². The fourth-order valence-corrected chi connectivity index (χ4v) is 3.12. The second kappa shape index (κ2) is 8.55. The van der Waals surface area contributed by atoms with Gasteiger partial charge in [-0.15, -0.1) is 11.3 Å². The predicted molar refractivity (Wildman–Crippen MR) is 102 cm³/mol. The number of fused-ring (bicyclic) bond motifs is 1. The quantitative estimate of drug-likeness (QED) is 0.695. The standard InChI is InChI=1S/C19H19N3O3S/c1-25-10-9-22(13-17(23)21-19-20-8-11-26-19)18(24)16-7-6-14-4-2-3-5-15(14)12-16/h2-8,11-12H,9-10,13H2,1H3,(H,20,21,23). The van der Waals surface area contributed by atoms with Gasteiger partial charge in [0, 0.05) is 30.8 Å². The van der Waals surface area contributed by atoms with E-state index >= 15 is 0 Å². The molecule has 0 radical (unpaired) electrons. The highest BCUT2D eigenvalue weighted by atomic mass is 32.1. The number of hydrogen-bond donors (Lipinski definition) is 1. The van der Waals surface area contributed by atoms with Gasteiger partial charge in [-0.1, -0.05) is 30.3 Å². The first-order chi connectivity index (χ1) is 12.7. The molecule has 0 aliphatic carbocycles. The Balaban J connectivity index is 1.76. The van der Waals surface area contributed by atoms with Crippen molar-refractivity contribution < 1.29 is 14.3 Å². The van der Waals surface area contributed by atoms with Gasteiger partial charge in [0.15, 0.2) is 5.13 Å². The summed E-state index contributed by atoms with van der Waals surface area (Å²) >= 11 is 1.33. The number of carbonyl (C=O) groups is 2. The van der Waals surface area contributed by atoms with Crippen molar-refractivity contribution in [3.05, 3.63) is 59.6 Å². The number of anilines is 1. The Morgan fingerprint density at radius 2 is 2.00 bits per heavy atom. The monoisotopic (exact) mass is 369 g/mol. The highest BCUT2D eigenvalue weighted by molar-refractivity contribution is 7.13. The summed E-state index contributed by atoms with van der Waals surface area (Å²) < 4.78 is 5.08. The molecular formula is C19H19N3O3S. The zero-order chi connectivity index (χ0) is 18.4. The molecule has 2 aromatic carbocycles. The van der Waals surface area contributed by atoms with Gasteiger partial charge in [0.05, 0.1) is 6.61 Å². The van der Waals surface area contributed by atoms with E-state index in [4.69, 9.17) is 4.74 Å². The number of amides is 2. The summed E-state index contributed by atoms with van der Waals surface area (Å²) in [7, 11) is 1.56. The Morgan fingerprint density at radius 3 is 2.73 bits per heavy atom. The van der Waals surface area contributed by atoms with E-state index in [-0.39, 0.29) is 18.4 Å². The van der Waals surface area contributed by atoms with E-state index < -0.39 is 0 Å². The number of ether oxygens (including phenoxy) is 1. The Hall–Kier alpha value is -2.77. The van der Waals surface area contributed by atoms with E-state index in [1.807, 2.05) is 36.4 Å². The third kappa shape index (κ3) is 4.44. The van der Waals surface area contributed by atoms with E-state index in [0.29, 0.717) is 23.8 Å². The van der Waals surface area contributed by atoms with Crippen LogP contribution in [0.5, 0.6) is 0 Å². The Bertz CT molecular complexity index is 896. The van der Waals surface area contributed by atoms with Crippen LogP contribution in [0.25, 0.3) is 10.8 Å². The van der Waals surface area contributed by atoms with Crippen molar-refractivity contribution >= 4 is 39.1 Å². The second-order valence-corrected chi connectivity index (χ2v) is 6.56. The molecule has 3 aromatic rings. The smallest absolute Gasteiger partial charge is 0.254 e. The topological polar surface area (TPSA) is 71.5 Å². The third-order valence-corrected chi connectivity index (χ3v) is 4.55.